The van der Waals surface area contributed by atoms with Gasteiger partial charge in [-0.3, -0.25) is 0 Å². The molecule has 0 saturated carbocycles. The number of benzene rings is 2. The Hall–Kier alpha value is -2.55. The molecular weight excluding hydrogens is 246 g/mol. The largest absolute Gasteiger partial charge is 0.399 e. The summed E-state index contributed by atoms with van der Waals surface area (Å²) in [6.45, 7) is 4.18. The Bertz CT molecular complexity index is 758. The smallest absolute Gasteiger partial charge is 0.131 e. The Morgan fingerprint density at radius 1 is 0.900 bits per heavy atom. The average molecular weight is 263 g/mol. The van der Waals surface area contributed by atoms with E-state index in [0.717, 1.165) is 28.1 Å². The Kier molecular flexibility index (Phi) is 3.03. The van der Waals surface area contributed by atoms with Gasteiger partial charge in [0.15, 0.2) is 0 Å². The lowest BCUT2D eigenvalue weighted by atomic mass is 10.1. The minimum absolute atomic E-state index is 0.759. The molecule has 0 unspecified atom stereocenters. The van der Waals surface area contributed by atoms with Crippen LogP contribution in [0.4, 0.5) is 17.2 Å². The molecule has 0 radical (unpaired) electrons. The van der Waals surface area contributed by atoms with Crippen LogP contribution in [0.5, 0.6) is 0 Å². The second-order valence-electron chi connectivity index (χ2n) is 5.15. The lowest BCUT2D eigenvalue weighted by Gasteiger charge is -2.09. The van der Waals surface area contributed by atoms with Gasteiger partial charge in [-0.05, 0) is 67.4 Å². The number of aromatic nitrogens is 1. The number of rotatable bonds is 2. The number of hydrogen-bond acceptors (Lipinski definition) is 3. The van der Waals surface area contributed by atoms with Gasteiger partial charge in [0.2, 0.25) is 0 Å². The topological polar surface area (TPSA) is 50.9 Å². The molecular formula is C17H17N3. The minimum atomic E-state index is 0.759. The summed E-state index contributed by atoms with van der Waals surface area (Å²) < 4.78 is 0. The van der Waals surface area contributed by atoms with E-state index in [9.17, 15) is 0 Å². The molecule has 0 aliphatic rings. The van der Waals surface area contributed by atoms with E-state index >= 15 is 0 Å². The molecule has 3 nitrogen and oxygen atoms in total. The zero-order valence-corrected chi connectivity index (χ0v) is 11.6. The van der Waals surface area contributed by atoms with Crippen molar-refractivity contribution >= 4 is 28.1 Å². The maximum Gasteiger partial charge on any atom is 0.131 e. The number of aryl methyl sites for hydroxylation is 2. The van der Waals surface area contributed by atoms with Crippen molar-refractivity contribution in [3.8, 4) is 0 Å². The van der Waals surface area contributed by atoms with Crippen molar-refractivity contribution in [1.82, 2.24) is 4.98 Å². The molecule has 1 aromatic heterocycles. The maximum absolute atomic E-state index is 5.78. The van der Waals surface area contributed by atoms with Crippen molar-refractivity contribution in [1.29, 1.82) is 0 Å². The van der Waals surface area contributed by atoms with E-state index in [1.54, 1.807) is 0 Å². The maximum atomic E-state index is 5.78. The SMILES string of the molecule is Cc1cc(C)cc(Nc2ccc3cc(N)ccc3n2)c1. The van der Waals surface area contributed by atoms with Crippen LogP contribution in [0.15, 0.2) is 48.5 Å². The van der Waals surface area contributed by atoms with Crippen LogP contribution in [0.25, 0.3) is 10.9 Å². The van der Waals surface area contributed by atoms with Gasteiger partial charge in [-0.15, -0.1) is 0 Å². The Balaban J connectivity index is 1.96. The lowest BCUT2D eigenvalue weighted by molar-refractivity contribution is 1.34. The fourth-order valence-corrected chi connectivity index (χ4v) is 2.41. The summed E-state index contributed by atoms with van der Waals surface area (Å²) in [4.78, 5) is 4.60. The van der Waals surface area contributed by atoms with Crippen LogP contribution in [-0.4, -0.2) is 4.98 Å². The highest BCUT2D eigenvalue weighted by molar-refractivity contribution is 5.83. The number of nitrogens with one attached hydrogen (secondary N) is 1. The Morgan fingerprint density at radius 2 is 1.65 bits per heavy atom. The van der Waals surface area contributed by atoms with Crippen molar-refractivity contribution in [2.45, 2.75) is 13.8 Å². The third kappa shape index (κ3) is 2.57. The molecule has 3 heteroatoms. The third-order valence-electron chi connectivity index (χ3n) is 3.21. The molecule has 1 heterocycles. The third-order valence-corrected chi connectivity index (χ3v) is 3.21. The molecule has 3 aromatic rings. The summed E-state index contributed by atoms with van der Waals surface area (Å²) in [5.74, 6) is 0.840. The zero-order chi connectivity index (χ0) is 14.1. The van der Waals surface area contributed by atoms with Crippen molar-refractivity contribution in [2.24, 2.45) is 0 Å². The molecule has 0 spiro atoms. The highest BCUT2D eigenvalue weighted by Gasteiger charge is 2.01. The van der Waals surface area contributed by atoms with E-state index in [1.807, 2.05) is 30.3 Å². The first-order valence-electron chi connectivity index (χ1n) is 6.62. The molecule has 0 atom stereocenters. The predicted octanol–water partition coefficient (Wildman–Crippen LogP) is 4.18. The highest BCUT2D eigenvalue weighted by atomic mass is 15.0. The van der Waals surface area contributed by atoms with Crippen LogP contribution >= 0.6 is 0 Å². The molecule has 0 fully saturated rings. The predicted molar refractivity (Wildman–Crippen MR) is 85.4 cm³/mol. The number of anilines is 3. The molecule has 2 aromatic carbocycles. The quantitative estimate of drug-likeness (QED) is 0.682. The summed E-state index contributed by atoms with van der Waals surface area (Å²) in [5, 5.41) is 4.40. The van der Waals surface area contributed by atoms with Gasteiger partial charge in [-0.2, -0.15) is 0 Å². The molecule has 0 aliphatic heterocycles. The molecule has 3 N–H and O–H groups in total. The zero-order valence-electron chi connectivity index (χ0n) is 11.6. The van der Waals surface area contributed by atoms with Crippen molar-refractivity contribution in [3.05, 3.63) is 59.7 Å². The number of fused-ring (bicyclic) bond motifs is 1. The number of nitrogens with zero attached hydrogens (tertiary/aromatic N) is 1. The number of hydrogen-bond donors (Lipinski definition) is 2. The van der Waals surface area contributed by atoms with Gasteiger partial charge in [0.25, 0.3) is 0 Å². The number of pyridine rings is 1. The van der Waals surface area contributed by atoms with Crippen LogP contribution in [-0.2, 0) is 0 Å². The molecule has 20 heavy (non-hydrogen) atoms. The van der Waals surface area contributed by atoms with E-state index in [0.29, 0.717) is 0 Å². The van der Waals surface area contributed by atoms with Gasteiger partial charge in [0.05, 0.1) is 5.52 Å². The minimum Gasteiger partial charge on any atom is -0.399 e. The molecule has 0 amide bonds. The van der Waals surface area contributed by atoms with Gasteiger partial charge >= 0.3 is 0 Å². The van der Waals surface area contributed by atoms with Crippen molar-refractivity contribution in [2.75, 3.05) is 11.1 Å². The summed E-state index contributed by atoms with van der Waals surface area (Å²) in [5.41, 5.74) is 11.0. The van der Waals surface area contributed by atoms with Crippen LogP contribution in [0.1, 0.15) is 11.1 Å². The summed E-state index contributed by atoms with van der Waals surface area (Å²) in [6.07, 6.45) is 0. The second-order valence-corrected chi connectivity index (χ2v) is 5.15. The van der Waals surface area contributed by atoms with Crippen LogP contribution in [0, 0.1) is 13.8 Å². The number of nitrogen functional groups attached to an aromatic ring is 1. The fraction of sp³-hybridized carbons (Fsp3) is 0.118. The first kappa shape index (κ1) is 12.5. The summed E-state index contributed by atoms with van der Waals surface area (Å²) in [7, 11) is 0. The van der Waals surface area contributed by atoms with Crippen molar-refractivity contribution in [3.63, 3.8) is 0 Å². The lowest BCUT2D eigenvalue weighted by Crippen LogP contribution is -1.95. The molecule has 0 aliphatic carbocycles. The van der Waals surface area contributed by atoms with E-state index in [4.69, 9.17) is 5.73 Å². The Morgan fingerprint density at radius 3 is 2.40 bits per heavy atom. The Labute approximate surface area is 118 Å². The van der Waals surface area contributed by atoms with E-state index < -0.39 is 0 Å². The van der Waals surface area contributed by atoms with E-state index in [2.05, 4.69) is 42.3 Å². The van der Waals surface area contributed by atoms with E-state index in [-0.39, 0.29) is 0 Å². The van der Waals surface area contributed by atoms with Crippen LogP contribution < -0.4 is 11.1 Å². The monoisotopic (exact) mass is 263 g/mol. The van der Waals surface area contributed by atoms with Gasteiger partial charge < -0.3 is 11.1 Å². The first-order chi connectivity index (χ1) is 9.60. The molecule has 100 valence electrons. The van der Waals surface area contributed by atoms with Gasteiger partial charge in [0, 0.05) is 16.8 Å². The summed E-state index contributed by atoms with van der Waals surface area (Å²) >= 11 is 0. The average Bonchev–Trinajstić information content (AvgIpc) is 2.38. The summed E-state index contributed by atoms with van der Waals surface area (Å²) in [6, 6.07) is 16.1. The highest BCUT2D eigenvalue weighted by Crippen LogP contribution is 2.22. The fourth-order valence-electron chi connectivity index (χ4n) is 2.41. The second kappa shape index (κ2) is 4.85. The van der Waals surface area contributed by atoms with Crippen LogP contribution in [0.3, 0.4) is 0 Å². The molecule has 3 rings (SSSR count). The van der Waals surface area contributed by atoms with Gasteiger partial charge in [-0.1, -0.05) is 6.07 Å². The molecule has 0 saturated heterocycles. The normalized spacial score (nSPS) is 10.7. The van der Waals surface area contributed by atoms with Gasteiger partial charge in [-0.25, -0.2) is 4.98 Å². The standard InChI is InChI=1S/C17H17N3/c1-11-7-12(2)9-15(8-11)19-17-6-3-13-10-14(18)4-5-16(13)20-17/h3-10H,18H2,1-2H3,(H,19,20). The number of nitrogens with two attached hydrogens (primary N) is 1. The first-order valence-corrected chi connectivity index (χ1v) is 6.62. The van der Waals surface area contributed by atoms with Crippen LogP contribution in [0.2, 0.25) is 0 Å². The van der Waals surface area contributed by atoms with Gasteiger partial charge in [0.1, 0.15) is 5.82 Å². The van der Waals surface area contributed by atoms with E-state index in [1.165, 1.54) is 11.1 Å². The van der Waals surface area contributed by atoms with Crippen molar-refractivity contribution < 1.29 is 0 Å². The molecule has 0 bridgehead atoms.